The van der Waals surface area contributed by atoms with Crippen molar-refractivity contribution in [2.24, 2.45) is 5.73 Å². The highest BCUT2D eigenvalue weighted by Gasteiger charge is 2.00. The predicted molar refractivity (Wildman–Crippen MR) is 37.0 cm³/mol. The van der Waals surface area contributed by atoms with Crippen LogP contribution in [0, 0.1) is 0 Å². The fourth-order valence-corrected chi connectivity index (χ4v) is 0.436. The molecule has 9 heavy (non-hydrogen) atoms. The van der Waals surface area contributed by atoms with Gasteiger partial charge in [0.15, 0.2) is 0 Å². The Morgan fingerprint density at radius 1 is 1.78 bits per heavy atom. The number of hydrogen-bond acceptors (Lipinski definition) is 2. The molecule has 0 saturated carbocycles. The summed E-state index contributed by atoms with van der Waals surface area (Å²) in [6.45, 7) is 4.21. The summed E-state index contributed by atoms with van der Waals surface area (Å²) in [4.78, 5) is 10.6. The van der Waals surface area contributed by atoms with E-state index in [1.165, 1.54) is 0 Å². The van der Waals surface area contributed by atoms with Gasteiger partial charge in [-0.15, -0.1) is 0 Å². The van der Waals surface area contributed by atoms with Crippen molar-refractivity contribution in [3.05, 3.63) is 0 Å². The summed E-state index contributed by atoms with van der Waals surface area (Å²) in [6.07, 6.45) is 0.532. The highest BCUT2D eigenvalue weighted by atomic mass is 16.1. The van der Waals surface area contributed by atoms with Crippen molar-refractivity contribution in [1.29, 1.82) is 0 Å². The molecule has 0 rings (SSSR count). The van der Waals surface area contributed by atoms with E-state index in [0.717, 1.165) is 0 Å². The molecular weight excluding hydrogens is 116 g/mol. The Hall–Kier alpha value is -0.570. The molecule has 1 atom stereocenters. The fourth-order valence-electron chi connectivity index (χ4n) is 0.436. The maximum Gasteiger partial charge on any atom is 0.219 e. The van der Waals surface area contributed by atoms with E-state index in [0.29, 0.717) is 13.0 Å². The van der Waals surface area contributed by atoms with Crippen LogP contribution in [0.25, 0.3) is 0 Å². The maximum atomic E-state index is 10.6. The molecule has 0 aromatic rings. The van der Waals surface area contributed by atoms with Gasteiger partial charge in [-0.05, 0) is 6.92 Å². The van der Waals surface area contributed by atoms with Gasteiger partial charge in [0, 0.05) is 19.0 Å². The number of carbonyl (C=O) groups excluding carboxylic acids is 1. The summed E-state index contributed by atoms with van der Waals surface area (Å²) in [6, 6.07) is 0.109. The molecule has 0 aliphatic carbocycles. The van der Waals surface area contributed by atoms with Gasteiger partial charge < -0.3 is 11.1 Å². The highest BCUT2D eigenvalue weighted by molar-refractivity contribution is 5.75. The standard InChI is InChI=1S/C6H14N2O/c1-3-6(9)8-5(2)4-7/h5H,3-4,7H2,1-2H3,(H,8,9)/t5-/m0/s1. The van der Waals surface area contributed by atoms with E-state index in [9.17, 15) is 4.79 Å². The average Bonchev–Trinajstić information content (AvgIpc) is 1.87. The zero-order valence-electron chi connectivity index (χ0n) is 5.98. The zero-order valence-corrected chi connectivity index (χ0v) is 5.98. The third kappa shape index (κ3) is 3.97. The Balaban J connectivity index is 3.34. The topological polar surface area (TPSA) is 55.1 Å². The van der Waals surface area contributed by atoms with E-state index < -0.39 is 0 Å². The monoisotopic (exact) mass is 130 g/mol. The van der Waals surface area contributed by atoms with Crippen LogP contribution >= 0.6 is 0 Å². The minimum Gasteiger partial charge on any atom is -0.352 e. The average molecular weight is 130 g/mol. The minimum absolute atomic E-state index is 0.0629. The molecule has 0 aromatic carbocycles. The second-order valence-corrected chi connectivity index (χ2v) is 2.06. The van der Waals surface area contributed by atoms with E-state index in [4.69, 9.17) is 5.73 Å². The molecular formula is C6H14N2O. The normalized spacial score (nSPS) is 12.8. The lowest BCUT2D eigenvalue weighted by atomic mass is 10.3. The summed E-state index contributed by atoms with van der Waals surface area (Å²) in [5, 5.41) is 2.72. The molecule has 0 heterocycles. The maximum absolute atomic E-state index is 10.6. The first-order chi connectivity index (χ1) is 4.20. The molecule has 0 radical (unpaired) electrons. The van der Waals surface area contributed by atoms with Crippen molar-refractivity contribution in [2.45, 2.75) is 26.3 Å². The Labute approximate surface area is 55.6 Å². The van der Waals surface area contributed by atoms with E-state index in [1.54, 1.807) is 0 Å². The second kappa shape index (κ2) is 4.32. The first kappa shape index (κ1) is 8.43. The molecule has 0 fully saturated rings. The van der Waals surface area contributed by atoms with Gasteiger partial charge in [0.2, 0.25) is 5.91 Å². The largest absolute Gasteiger partial charge is 0.352 e. The van der Waals surface area contributed by atoms with Crippen LogP contribution in [0.15, 0.2) is 0 Å². The van der Waals surface area contributed by atoms with Crippen LogP contribution in [-0.4, -0.2) is 18.5 Å². The Morgan fingerprint density at radius 2 is 2.33 bits per heavy atom. The molecule has 54 valence electrons. The van der Waals surface area contributed by atoms with Crippen LogP contribution in [0.1, 0.15) is 20.3 Å². The van der Waals surface area contributed by atoms with Crippen LogP contribution in [0.4, 0.5) is 0 Å². The third-order valence-electron chi connectivity index (χ3n) is 1.08. The van der Waals surface area contributed by atoms with Gasteiger partial charge in [0.05, 0.1) is 0 Å². The molecule has 3 nitrogen and oxygen atoms in total. The summed E-state index contributed by atoms with van der Waals surface area (Å²) in [7, 11) is 0. The molecule has 1 amide bonds. The number of carbonyl (C=O) groups is 1. The van der Waals surface area contributed by atoms with Crippen LogP contribution in [0.2, 0.25) is 0 Å². The summed E-state index contributed by atoms with van der Waals surface area (Å²) < 4.78 is 0. The first-order valence-corrected chi connectivity index (χ1v) is 3.20. The van der Waals surface area contributed by atoms with Crippen LogP contribution in [-0.2, 0) is 4.79 Å². The molecule has 0 saturated heterocycles. The number of hydrogen-bond donors (Lipinski definition) is 2. The van der Waals surface area contributed by atoms with Crippen LogP contribution < -0.4 is 11.1 Å². The Morgan fingerprint density at radius 3 is 2.67 bits per heavy atom. The van der Waals surface area contributed by atoms with Crippen molar-refractivity contribution in [1.82, 2.24) is 5.32 Å². The molecule has 0 bridgehead atoms. The minimum atomic E-state index is 0.0629. The molecule has 0 aliphatic rings. The van der Waals surface area contributed by atoms with Crippen molar-refractivity contribution >= 4 is 5.91 Å². The lowest BCUT2D eigenvalue weighted by Gasteiger charge is -2.08. The molecule has 0 aliphatic heterocycles. The summed E-state index contributed by atoms with van der Waals surface area (Å²) in [5.74, 6) is 0.0629. The van der Waals surface area contributed by atoms with Gasteiger partial charge in [-0.25, -0.2) is 0 Å². The van der Waals surface area contributed by atoms with Crippen LogP contribution in [0.5, 0.6) is 0 Å². The van der Waals surface area contributed by atoms with Crippen molar-refractivity contribution in [2.75, 3.05) is 6.54 Å². The van der Waals surface area contributed by atoms with Crippen molar-refractivity contribution < 1.29 is 4.79 Å². The van der Waals surface area contributed by atoms with Gasteiger partial charge in [0.1, 0.15) is 0 Å². The molecule has 3 heteroatoms. The molecule has 0 aromatic heterocycles. The summed E-state index contributed by atoms with van der Waals surface area (Å²) in [5.41, 5.74) is 5.26. The number of amides is 1. The van der Waals surface area contributed by atoms with E-state index in [1.807, 2.05) is 13.8 Å². The lowest BCUT2D eigenvalue weighted by Crippen LogP contribution is -2.37. The second-order valence-electron chi connectivity index (χ2n) is 2.06. The quantitative estimate of drug-likeness (QED) is 0.558. The lowest BCUT2D eigenvalue weighted by molar-refractivity contribution is -0.121. The van der Waals surface area contributed by atoms with E-state index in [2.05, 4.69) is 5.32 Å². The third-order valence-corrected chi connectivity index (χ3v) is 1.08. The van der Waals surface area contributed by atoms with Gasteiger partial charge in [0.25, 0.3) is 0 Å². The molecule has 0 spiro atoms. The van der Waals surface area contributed by atoms with Crippen molar-refractivity contribution in [3.8, 4) is 0 Å². The SMILES string of the molecule is CCC(=O)N[C@@H](C)CN. The first-order valence-electron chi connectivity index (χ1n) is 3.20. The smallest absolute Gasteiger partial charge is 0.219 e. The Kier molecular flexibility index (Phi) is 4.05. The number of rotatable bonds is 3. The predicted octanol–water partition coefficient (Wildman–Crippen LogP) is -0.140. The van der Waals surface area contributed by atoms with Crippen LogP contribution in [0.3, 0.4) is 0 Å². The van der Waals surface area contributed by atoms with E-state index in [-0.39, 0.29) is 11.9 Å². The molecule has 3 N–H and O–H groups in total. The highest BCUT2D eigenvalue weighted by Crippen LogP contribution is 1.79. The molecule has 0 unspecified atom stereocenters. The van der Waals surface area contributed by atoms with Gasteiger partial charge in [-0.2, -0.15) is 0 Å². The van der Waals surface area contributed by atoms with E-state index >= 15 is 0 Å². The summed E-state index contributed by atoms with van der Waals surface area (Å²) >= 11 is 0. The fraction of sp³-hybridized carbons (Fsp3) is 0.833. The number of nitrogens with two attached hydrogens (primary N) is 1. The number of nitrogens with one attached hydrogen (secondary N) is 1. The zero-order chi connectivity index (χ0) is 7.28. The van der Waals surface area contributed by atoms with Crippen molar-refractivity contribution in [3.63, 3.8) is 0 Å². The Bertz CT molecular complexity index is 93.1. The van der Waals surface area contributed by atoms with Gasteiger partial charge in [-0.3, -0.25) is 4.79 Å². The van der Waals surface area contributed by atoms with Gasteiger partial charge in [-0.1, -0.05) is 6.92 Å². The van der Waals surface area contributed by atoms with Gasteiger partial charge >= 0.3 is 0 Å².